The Bertz CT molecular complexity index is 1170. The van der Waals surface area contributed by atoms with Gasteiger partial charge in [-0.25, -0.2) is 8.42 Å². The maximum atomic E-state index is 13.1. The summed E-state index contributed by atoms with van der Waals surface area (Å²) in [5.74, 6) is -0.0614. The smallest absolute Gasteiger partial charge is 0.261 e. The molecule has 3 aromatic rings. The molecule has 0 bridgehead atoms. The number of sulfonamides is 1. The minimum atomic E-state index is -3.75. The maximum absolute atomic E-state index is 13.1. The first kappa shape index (κ1) is 22.6. The molecule has 5 nitrogen and oxygen atoms in total. The van der Waals surface area contributed by atoms with Gasteiger partial charge in [0, 0.05) is 5.56 Å². The largest absolute Gasteiger partial charge is 0.345 e. The molecular formula is C25H28N2O3S. The SMILES string of the molecule is Cc1ccc(C(=O)NC(c2ccccc2C)C(C)C)cc1NS(=O)(=O)c1ccccc1. The first-order valence-corrected chi connectivity index (χ1v) is 11.7. The molecule has 0 spiro atoms. The van der Waals surface area contributed by atoms with Gasteiger partial charge in [0.25, 0.3) is 15.9 Å². The molecule has 2 N–H and O–H groups in total. The number of carbonyl (C=O) groups excluding carboxylic acids is 1. The van der Waals surface area contributed by atoms with Crippen LogP contribution >= 0.6 is 0 Å². The molecule has 0 saturated heterocycles. The van der Waals surface area contributed by atoms with E-state index in [0.29, 0.717) is 11.3 Å². The van der Waals surface area contributed by atoms with E-state index in [1.807, 2.05) is 31.2 Å². The van der Waals surface area contributed by atoms with Crippen LogP contribution in [0.15, 0.2) is 77.7 Å². The normalized spacial score (nSPS) is 12.4. The zero-order valence-electron chi connectivity index (χ0n) is 18.2. The summed E-state index contributed by atoms with van der Waals surface area (Å²) < 4.78 is 28.0. The molecule has 1 unspecified atom stereocenters. The van der Waals surface area contributed by atoms with Crippen LogP contribution in [0.1, 0.15) is 46.9 Å². The van der Waals surface area contributed by atoms with Gasteiger partial charge in [-0.2, -0.15) is 0 Å². The number of hydrogen-bond donors (Lipinski definition) is 2. The lowest BCUT2D eigenvalue weighted by Gasteiger charge is -2.25. The van der Waals surface area contributed by atoms with E-state index in [9.17, 15) is 13.2 Å². The van der Waals surface area contributed by atoms with Gasteiger partial charge in [-0.1, -0.05) is 62.4 Å². The fourth-order valence-electron chi connectivity index (χ4n) is 3.44. The Morgan fingerprint density at radius 2 is 1.48 bits per heavy atom. The summed E-state index contributed by atoms with van der Waals surface area (Å²) in [6.07, 6.45) is 0. The molecule has 0 aliphatic carbocycles. The third kappa shape index (κ3) is 5.33. The fraction of sp³-hybridized carbons (Fsp3) is 0.240. The lowest BCUT2D eigenvalue weighted by Crippen LogP contribution is -2.32. The molecule has 6 heteroatoms. The summed E-state index contributed by atoms with van der Waals surface area (Å²) >= 11 is 0. The fourth-order valence-corrected chi connectivity index (χ4v) is 4.58. The quantitative estimate of drug-likeness (QED) is 0.532. The topological polar surface area (TPSA) is 75.3 Å². The van der Waals surface area contributed by atoms with E-state index >= 15 is 0 Å². The number of carbonyl (C=O) groups is 1. The highest BCUT2D eigenvalue weighted by molar-refractivity contribution is 7.92. The molecule has 31 heavy (non-hydrogen) atoms. The van der Waals surface area contributed by atoms with Crippen LogP contribution in [-0.2, 0) is 10.0 Å². The van der Waals surface area contributed by atoms with E-state index in [0.717, 1.165) is 16.7 Å². The van der Waals surface area contributed by atoms with Gasteiger partial charge < -0.3 is 5.32 Å². The van der Waals surface area contributed by atoms with E-state index in [4.69, 9.17) is 0 Å². The first-order chi connectivity index (χ1) is 14.7. The lowest BCUT2D eigenvalue weighted by atomic mass is 9.92. The summed E-state index contributed by atoms with van der Waals surface area (Å²) in [4.78, 5) is 13.2. The Balaban J connectivity index is 1.86. The van der Waals surface area contributed by atoms with Crippen LogP contribution in [0.2, 0.25) is 0 Å². The van der Waals surface area contributed by atoms with Gasteiger partial charge in [-0.05, 0) is 60.7 Å². The van der Waals surface area contributed by atoms with Crippen molar-refractivity contribution in [2.75, 3.05) is 4.72 Å². The summed E-state index contributed by atoms with van der Waals surface area (Å²) in [6.45, 7) is 7.95. The second-order valence-electron chi connectivity index (χ2n) is 8.00. The number of hydrogen-bond acceptors (Lipinski definition) is 3. The highest BCUT2D eigenvalue weighted by Gasteiger charge is 2.22. The number of rotatable bonds is 7. The molecule has 0 aromatic heterocycles. The van der Waals surface area contributed by atoms with Crippen molar-refractivity contribution in [1.82, 2.24) is 5.32 Å². The molecule has 3 aromatic carbocycles. The van der Waals surface area contributed by atoms with Crippen molar-refractivity contribution < 1.29 is 13.2 Å². The van der Waals surface area contributed by atoms with Crippen LogP contribution in [0.5, 0.6) is 0 Å². The van der Waals surface area contributed by atoms with E-state index in [1.165, 1.54) is 12.1 Å². The average molecular weight is 437 g/mol. The van der Waals surface area contributed by atoms with Gasteiger partial charge >= 0.3 is 0 Å². The zero-order chi connectivity index (χ0) is 22.6. The third-order valence-electron chi connectivity index (χ3n) is 5.27. The predicted molar refractivity (Wildman–Crippen MR) is 125 cm³/mol. The van der Waals surface area contributed by atoms with E-state index in [2.05, 4.69) is 23.9 Å². The zero-order valence-corrected chi connectivity index (χ0v) is 19.0. The van der Waals surface area contributed by atoms with Crippen molar-refractivity contribution in [2.24, 2.45) is 5.92 Å². The number of aryl methyl sites for hydroxylation is 2. The van der Waals surface area contributed by atoms with Crippen LogP contribution in [0.3, 0.4) is 0 Å². The second-order valence-corrected chi connectivity index (χ2v) is 9.68. The van der Waals surface area contributed by atoms with Gasteiger partial charge in [0.1, 0.15) is 0 Å². The predicted octanol–water partition coefficient (Wildman–Crippen LogP) is 5.23. The number of amides is 1. The molecule has 1 amide bonds. The van der Waals surface area contributed by atoms with Crippen LogP contribution < -0.4 is 10.0 Å². The summed E-state index contributed by atoms with van der Waals surface area (Å²) in [5, 5.41) is 3.11. The van der Waals surface area contributed by atoms with Gasteiger partial charge in [-0.15, -0.1) is 0 Å². The van der Waals surface area contributed by atoms with Gasteiger partial charge in [0.15, 0.2) is 0 Å². The van der Waals surface area contributed by atoms with Crippen molar-refractivity contribution in [1.29, 1.82) is 0 Å². The van der Waals surface area contributed by atoms with Crippen molar-refractivity contribution in [3.63, 3.8) is 0 Å². The molecule has 0 aliphatic rings. The average Bonchev–Trinajstić information content (AvgIpc) is 2.74. The Morgan fingerprint density at radius 1 is 0.839 bits per heavy atom. The summed E-state index contributed by atoms with van der Waals surface area (Å²) in [7, 11) is -3.75. The van der Waals surface area contributed by atoms with Crippen molar-refractivity contribution >= 4 is 21.6 Å². The summed E-state index contributed by atoms with van der Waals surface area (Å²) in [5.41, 5.74) is 3.70. The third-order valence-corrected chi connectivity index (χ3v) is 6.66. The molecule has 3 rings (SSSR count). The molecule has 162 valence electrons. The van der Waals surface area contributed by atoms with Crippen LogP contribution in [0.25, 0.3) is 0 Å². The van der Waals surface area contributed by atoms with Gasteiger partial charge in [-0.3, -0.25) is 9.52 Å². The highest BCUT2D eigenvalue weighted by Crippen LogP contribution is 2.26. The molecule has 0 fully saturated rings. The second kappa shape index (κ2) is 9.35. The van der Waals surface area contributed by atoms with E-state index in [-0.39, 0.29) is 22.8 Å². The molecular weight excluding hydrogens is 408 g/mol. The van der Waals surface area contributed by atoms with Crippen LogP contribution in [0.4, 0.5) is 5.69 Å². The molecule has 1 atom stereocenters. The Hall–Kier alpha value is -3.12. The Kier molecular flexibility index (Phi) is 6.81. The first-order valence-electron chi connectivity index (χ1n) is 10.2. The Labute approximate surface area is 184 Å². The minimum absolute atomic E-state index is 0.153. The minimum Gasteiger partial charge on any atom is -0.345 e. The van der Waals surface area contributed by atoms with Crippen molar-refractivity contribution in [3.05, 3.63) is 95.1 Å². The maximum Gasteiger partial charge on any atom is 0.261 e. The molecule has 0 aliphatic heterocycles. The van der Waals surface area contributed by atoms with E-state index < -0.39 is 10.0 Å². The van der Waals surface area contributed by atoms with Crippen molar-refractivity contribution in [3.8, 4) is 0 Å². The lowest BCUT2D eigenvalue weighted by molar-refractivity contribution is 0.0925. The van der Waals surface area contributed by atoms with Crippen LogP contribution in [0, 0.1) is 19.8 Å². The number of anilines is 1. The van der Waals surface area contributed by atoms with Crippen molar-refractivity contribution in [2.45, 2.75) is 38.6 Å². The highest BCUT2D eigenvalue weighted by atomic mass is 32.2. The standard InChI is InChI=1S/C25H28N2O3S/c1-17(2)24(22-13-9-8-10-18(22)3)26-25(28)20-15-14-19(4)23(16-20)27-31(29,30)21-11-6-5-7-12-21/h5-17,24,27H,1-4H3,(H,26,28). The number of nitrogens with one attached hydrogen (secondary N) is 2. The molecule has 0 radical (unpaired) electrons. The monoisotopic (exact) mass is 436 g/mol. The van der Waals surface area contributed by atoms with Gasteiger partial charge in [0.2, 0.25) is 0 Å². The Morgan fingerprint density at radius 3 is 2.13 bits per heavy atom. The van der Waals surface area contributed by atoms with E-state index in [1.54, 1.807) is 43.3 Å². The molecule has 0 heterocycles. The van der Waals surface area contributed by atoms with Gasteiger partial charge in [0.05, 0.1) is 16.6 Å². The molecule has 0 saturated carbocycles. The van der Waals surface area contributed by atoms with Crippen LogP contribution in [-0.4, -0.2) is 14.3 Å². The number of benzene rings is 3. The summed E-state index contributed by atoms with van der Waals surface area (Å²) in [6, 6.07) is 21.0.